The summed E-state index contributed by atoms with van der Waals surface area (Å²) in [5, 5.41) is 3.59. The van der Waals surface area contributed by atoms with Crippen molar-refractivity contribution >= 4 is 5.96 Å². The fraction of sp³-hybridized carbons (Fsp3) is 0.696. The minimum atomic E-state index is 0.574. The number of piperidine rings is 1. The van der Waals surface area contributed by atoms with E-state index in [9.17, 15) is 0 Å². The molecule has 2 saturated heterocycles. The Morgan fingerprint density at radius 3 is 2.68 bits per heavy atom. The maximum Gasteiger partial charge on any atom is 0.193 e. The van der Waals surface area contributed by atoms with Gasteiger partial charge in [0.25, 0.3) is 0 Å². The molecule has 0 spiro atoms. The lowest BCUT2D eigenvalue weighted by Gasteiger charge is -2.33. The lowest BCUT2D eigenvalue weighted by molar-refractivity contribution is 0.158. The Bertz CT molecular complexity index is 616. The Kier molecular flexibility index (Phi) is 8.01. The van der Waals surface area contributed by atoms with E-state index in [-0.39, 0.29) is 0 Å². The van der Waals surface area contributed by atoms with Gasteiger partial charge in [-0.3, -0.25) is 4.99 Å². The first-order valence-corrected chi connectivity index (χ1v) is 11.0. The molecule has 2 fully saturated rings. The molecule has 2 aliphatic rings. The van der Waals surface area contributed by atoms with E-state index in [1.54, 1.807) is 7.11 Å². The SMILES string of the molecule is CN=C(NCCCCN1CCCCC1C)N1CCC(c2ccc(OC)cc2)C1. The lowest BCUT2D eigenvalue weighted by Crippen LogP contribution is -2.41. The number of hydrogen-bond acceptors (Lipinski definition) is 3. The third-order valence-electron chi connectivity index (χ3n) is 6.38. The van der Waals surface area contributed by atoms with Crippen LogP contribution < -0.4 is 10.1 Å². The molecule has 5 nitrogen and oxygen atoms in total. The summed E-state index contributed by atoms with van der Waals surface area (Å²) in [7, 11) is 3.62. The van der Waals surface area contributed by atoms with Gasteiger partial charge < -0.3 is 19.9 Å². The Labute approximate surface area is 171 Å². The average Bonchev–Trinajstić information content (AvgIpc) is 3.22. The summed E-state index contributed by atoms with van der Waals surface area (Å²) in [4.78, 5) is 9.60. The topological polar surface area (TPSA) is 40.1 Å². The first kappa shape index (κ1) is 21.0. The third-order valence-corrected chi connectivity index (χ3v) is 6.38. The molecule has 0 aromatic heterocycles. The van der Waals surface area contributed by atoms with Crippen molar-refractivity contribution in [3.05, 3.63) is 29.8 Å². The number of guanidine groups is 1. The average molecular weight is 387 g/mol. The van der Waals surface area contributed by atoms with Gasteiger partial charge in [0.15, 0.2) is 5.96 Å². The number of rotatable bonds is 7. The minimum Gasteiger partial charge on any atom is -0.497 e. The van der Waals surface area contributed by atoms with Crippen molar-refractivity contribution in [1.29, 1.82) is 0 Å². The quantitative estimate of drug-likeness (QED) is 0.440. The van der Waals surface area contributed by atoms with Crippen LogP contribution in [0, 0.1) is 0 Å². The zero-order chi connectivity index (χ0) is 19.8. The Hall–Kier alpha value is -1.75. The van der Waals surface area contributed by atoms with Gasteiger partial charge in [-0.1, -0.05) is 18.6 Å². The van der Waals surface area contributed by atoms with Crippen molar-refractivity contribution in [1.82, 2.24) is 15.1 Å². The zero-order valence-corrected chi connectivity index (χ0v) is 18.0. The van der Waals surface area contributed by atoms with Gasteiger partial charge in [-0.25, -0.2) is 0 Å². The van der Waals surface area contributed by atoms with Crippen LogP contribution in [-0.2, 0) is 0 Å². The predicted molar refractivity (Wildman–Crippen MR) is 117 cm³/mol. The highest BCUT2D eigenvalue weighted by atomic mass is 16.5. The molecule has 0 radical (unpaired) electrons. The summed E-state index contributed by atoms with van der Waals surface area (Å²) in [5.74, 6) is 2.56. The van der Waals surface area contributed by atoms with Crippen LogP contribution >= 0.6 is 0 Å². The van der Waals surface area contributed by atoms with Crippen molar-refractivity contribution in [2.75, 3.05) is 46.9 Å². The number of benzene rings is 1. The van der Waals surface area contributed by atoms with Gasteiger partial charge in [-0.15, -0.1) is 0 Å². The van der Waals surface area contributed by atoms with Gasteiger partial charge in [0.1, 0.15) is 5.75 Å². The van der Waals surface area contributed by atoms with Gasteiger partial charge in [-0.2, -0.15) is 0 Å². The summed E-state index contributed by atoms with van der Waals surface area (Å²) < 4.78 is 5.27. The molecule has 2 aliphatic heterocycles. The van der Waals surface area contributed by atoms with Crippen molar-refractivity contribution in [2.45, 2.75) is 57.4 Å². The molecule has 28 heavy (non-hydrogen) atoms. The highest BCUT2D eigenvalue weighted by molar-refractivity contribution is 5.80. The summed E-state index contributed by atoms with van der Waals surface area (Å²) in [6.07, 6.45) is 7.80. The van der Waals surface area contributed by atoms with Crippen LogP contribution in [0.3, 0.4) is 0 Å². The van der Waals surface area contributed by atoms with Crippen molar-refractivity contribution in [3.8, 4) is 5.75 Å². The number of methoxy groups -OCH3 is 1. The number of aliphatic imine (C=N–C) groups is 1. The van der Waals surface area contributed by atoms with Crippen LogP contribution in [0.2, 0.25) is 0 Å². The van der Waals surface area contributed by atoms with E-state index in [1.807, 2.05) is 7.05 Å². The molecular formula is C23H38N4O. The van der Waals surface area contributed by atoms with Gasteiger partial charge in [0.2, 0.25) is 0 Å². The van der Waals surface area contributed by atoms with E-state index in [4.69, 9.17) is 4.74 Å². The van der Waals surface area contributed by atoms with Gasteiger partial charge in [-0.05, 0) is 69.8 Å². The number of likely N-dealkylation sites (tertiary alicyclic amines) is 2. The normalized spacial score (nSPS) is 23.8. The minimum absolute atomic E-state index is 0.574. The van der Waals surface area contributed by atoms with Crippen LogP contribution in [0.4, 0.5) is 0 Å². The molecule has 3 rings (SSSR count). The number of nitrogens with one attached hydrogen (secondary N) is 1. The maximum atomic E-state index is 5.27. The molecule has 0 bridgehead atoms. The molecule has 0 amide bonds. The van der Waals surface area contributed by atoms with E-state index in [0.717, 1.165) is 37.4 Å². The zero-order valence-electron chi connectivity index (χ0n) is 18.0. The van der Waals surface area contributed by atoms with Crippen LogP contribution in [0.25, 0.3) is 0 Å². The third kappa shape index (κ3) is 5.63. The summed E-state index contributed by atoms with van der Waals surface area (Å²) >= 11 is 0. The molecule has 2 heterocycles. The van der Waals surface area contributed by atoms with Crippen LogP contribution in [0.5, 0.6) is 5.75 Å². The second kappa shape index (κ2) is 10.7. The highest BCUT2D eigenvalue weighted by Crippen LogP contribution is 2.28. The second-order valence-electron chi connectivity index (χ2n) is 8.27. The fourth-order valence-electron chi connectivity index (χ4n) is 4.56. The summed E-state index contributed by atoms with van der Waals surface area (Å²) in [6.45, 7) is 8.03. The molecule has 0 aliphatic carbocycles. The van der Waals surface area contributed by atoms with Crippen molar-refractivity contribution < 1.29 is 4.74 Å². The standard InChI is InChI=1S/C23H38N4O/c1-19-8-4-6-15-26(19)16-7-5-14-25-23(24-2)27-17-13-21(18-27)20-9-11-22(28-3)12-10-20/h9-12,19,21H,4-8,13-18H2,1-3H3,(H,24,25). The second-order valence-corrected chi connectivity index (χ2v) is 8.27. The van der Waals surface area contributed by atoms with E-state index < -0.39 is 0 Å². The predicted octanol–water partition coefficient (Wildman–Crippen LogP) is 3.71. The molecule has 1 N–H and O–H groups in total. The van der Waals surface area contributed by atoms with Gasteiger partial charge >= 0.3 is 0 Å². The molecule has 2 atom stereocenters. The monoisotopic (exact) mass is 386 g/mol. The molecule has 156 valence electrons. The Balaban J connectivity index is 1.38. The smallest absolute Gasteiger partial charge is 0.193 e. The largest absolute Gasteiger partial charge is 0.497 e. The first-order valence-electron chi connectivity index (χ1n) is 11.0. The number of nitrogens with zero attached hydrogens (tertiary/aromatic N) is 3. The van der Waals surface area contributed by atoms with Gasteiger partial charge in [0, 0.05) is 38.6 Å². The van der Waals surface area contributed by atoms with Crippen molar-refractivity contribution in [3.63, 3.8) is 0 Å². The molecule has 5 heteroatoms. The van der Waals surface area contributed by atoms with E-state index in [2.05, 4.69) is 51.3 Å². The van der Waals surface area contributed by atoms with E-state index in [1.165, 1.54) is 57.2 Å². The lowest BCUT2D eigenvalue weighted by atomic mass is 9.98. The van der Waals surface area contributed by atoms with Gasteiger partial charge in [0.05, 0.1) is 7.11 Å². The maximum absolute atomic E-state index is 5.27. The molecule has 1 aromatic carbocycles. The van der Waals surface area contributed by atoms with E-state index in [0.29, 0.717) is 5.92 Å². The summed E-state index contributed by atoms with van der Waals surface area (Å²) in [6, 6.07) is 9.30. The van der Waals surface area contributed by atoms with Crippen LogP contribution in [0.15, 0.2) is 29.3 Å². The highest BCUT2D eigenvalue weighted by Gasteiger charge is 2.26. The molecule has 0 saturated carbocycles. The summed E-state index contributed by atoms with van der Waals surface area (Å²) in [5.41, 5.74) is 1.40. The molecular weight excluding hydrogens is 348 g/mol. The molecule has 2 unspecified atom stereocenters. The van der Waals surface area contributed by atoms with Crippen LogP contribution in [-0.4, -0.2) is 68.7 Å². The van der Waals surface area contributed by atoms with Crippen LogP contribution in [0.1, 0.15) is 56.9 Å². The number of hydrogen-bond donors (Lipinski definition) is 1. The molecule has 1 aromatic rings. The number of ether oxygens (including phenoxy) is 1. The fourth-order valence-corrected chi connectivity index (χ4v) is 4.56. The Morgan fingerprint density at radius 1 is 1.14 bits per heavy atom. The first-order chi connectivity index (χ1) is 13.7. The number of unbranched alkanes of at least 4 members (excludes halogenated alkanes) is 1. The van der Waals surface area contributed by atoms with Crippen molar-refractivity contribution in [2.24, 2.45) is 4.99 Å². The Morgan fingerprint density at radius 2 is 1.96 bits per heavy atom. The van der Waals surface area contributed by atoms with E-state index >= 15 is 0 Å².